The van der Waals surface area contributed by atoms with Crippen molar-refractivity contribution >= 4 is 51.3 Å². The number of hydrogen-bond acceptors (Lipinski definition) is 4. The van der Waals surface area contributed by atoms with Crippen molar-refractivity contribution in [3.8, 4) is 5.75 Å². The Morgan fingerprint density at radius 2 is 1.43 bits per heavy atom. The number of carbonyl (C=O) groups is 2. The van der Waals surface area contributed by atoms with Crippen molar-refractivity contribution in [3.05, 3.63) is 149 Å². The molecule has 0 N–H and O–H groups in total. The molecule has 194 valence electrons. The molecule has 1 saturated heterocycles. The van der Waals surface area contributed by atoms with Gasteiger partial charge in [0.1, 0.15) is 12.4 Å². The number of nitrogens with zero attached hydrogens (tertiary/aromatic N) is 2. The van der Waals surface area contributed by atoms with E-state index in [0.29, 0.717) is 33.7 Å². The fourth-order valence-electron chi connectivity index (χ4n) is 4.50. The van der Waals surface area contributed by atoms with E-state index in [0.717, 1.165) is 21.9 Å². The monoisotopic (exact) mass is 540 g/mol. The van der Waals surface area contributed by atoms with Crippen LogP contribution in [-0.2, 0) is 11.4 Å². The Hall–Kier alpha value is -4.94. The molecule has 0 bridgehead atoms. The average Bonchev–Trinajstić information content (AvgIpc) is 3.31. The SMILES string of the molecule is O=C(N=C1SC(=Cc2c(OCc3ccccc3)ccc3ccccc23)C(=O)N1c1ccccc1)c1ccccc1. The zero-order valence-corrected chi connectivity index (χ0v) is 22.3. The van der Waals surface area contributed by atoms with E-state index in [1.54, 1.807) is 24.3 Å². The van der Waals surface area contributed by atoms with E-state index in [9.17, 15) is 9.59 Å². The first-order chi connectivity index (χ1) is 19.7. The highest BCUT2D eigenvalue weighted by molar-refractivity contribution is 8.19. The summed E-state index contributed by atoms with van der Waals surface area (Å²) in [4.78, 5) is 33.2. The van der Waals surface area contributed by atoms with Gasteiger partial charge in [0.25, 0.3) is 11.8 Å². The fourth-order valence-corrected chi connectivity index (χ4v) is 5.46. The van der Waals surface area contributed by atoms with E-state index in [1.807, 2.05) is 109 Å². The van der Waals surface area contributed by atoms with Gasteiger partial charge in [-0.25, -0.2) is 0 Å². The molecule has 5 nitrogen and oxygen atoms in total. The molecule has 0 aromatic heterocycles. The lowest BCUT2D eigenvalue weighted by Crippen LogP contribution is -2.29. The maximum atomic E-state index is 13.9. The van der Waals surface area contributed by atoms with E-state index in [1.165, 1.54) is 16.7 Å². The third kappa shape index (κ3) is 5.30. The smallest absolute Gasteiger partial charge is 0.279 e. The summed E-state index contributed by atoms with van der Waals surface area (Å²) in [5.41, 5.74) is 2.94. The maximum absolute atomic E-state index is 13.9. The Bertz CT molecular complexity index is 1750. The normalized spacial score (nSPS) is 15.2. The van der Waals surface area contributed by atoms with Crippen molar-refractivity contribution in [1.29, 1.82) is 0 Å². The molecule has 1 heterocycles. The number of hydrogen-bond donors (Lipinski definition) is 0. The molecule has 2 amide bonds. The Kier molecular flexibility index (Phi) is 7.24. The van der Waals surface area contributed by atoms with E-state index in [-0.39, 0.29) is 5.91 Å². The molecule has 0 saturated carbocycles. The Labute approximate surface area is 236 Å². The van der Waals surface area contributed by atoms with Crippen molar-refractivity contribution in [2.24, 2.45) is 4.99 Å². The number of ether oxygens (including phenoxy) is 1. The van der Waals surface area contributed by atoms with Gasteiger partial charge in [0.2, 0.25) is 0 Å². The third-order valence-electron chi connectivity index (χ3n) is 6.48. The van der Waals surface area contributed by atoms with Gasteiger partial charge in [-0.3, -0.25) is 14.5 Å². The molecule has 0 atom stereocenters. The van der Waals surface area contributed by atoms with Crippen molar-refractivity contribution in [3.63, 3.8) is 0 Å². The minimum absolute atomic E-state index is 0.252. The number of aliphatic imine (C=N–C) groups is 1. The zero-order chi connectivity index (χ0) is 27.3. The van der Waals surface area contributed by atoms with E-state index >= 15 is 0 Å². The molecule has 0 aliphatic carbocycles. The zero-order valence-electron chi connectivity index (χ0n) is 21.4. The predicted molar refractivity (Wildman–Crippen MR) is 162 cm³/mol. The second-order valence-corrected chi connectivity index (χ2v) is 10.1. The van der Waals surface area contributed by atoms with Crippen LogP contribution >= 0.6 is 11.8 Å². The van der Waals surface area contributed by atoms with Crippen LogP contribution in [0, 0.1) is 0 Å². The first kappa shape index (κ1) is 25.3. The van der Waals surface area contributed by atoms with Gasteiger partial charge in [-0.1, -0.05) is 97.1 Å². The number of rotatable bonds is 6. The number of amidine groups is 1. The molecule has 0 spiro atoms. The van der Waals surface area contributed by atoms with Crippen LogP contribution in [0.5, 0.6) is 5.75 Å². The van der Waals surface area contributed by atoms with Crippen molar-refractivity contribution in [2.75, 3.05) is 4.90 Å². The van der Waals surface area contributed by atoms with E-state index < -0.39 is 5.91 Å². The van der Waals surface area contributed by atoms with E-state index in [2.05, 4.69) is 4.99 Å². The topological polar surface area (TPSA) is 59.0 Å². The Morgan fingerprint density at radius 1 is 0.775 bits per heavy atom. The highest BCUT2D eigenvalue weighted by Crippen LogP contribution is 2.39. The summed E-state index contributed by atoms with van der Waals surface area (Å²) >= 11 is 1.18. The Morgan fingerprint density at radius 3 is 2.17 bits per heavy atom. The van der Waals surface area contributed by atoms with E-state index in [4.69, 9.17) is 4.74 Å². The van der Waals surface area contributed by atoms with Gasteiger partial charge in [-0.2, -0.15) is 4.99 Å². The molecule has 6 heteroatoms. The average molecular weight is 541 g/mol. The number of para-hydroxylation sites is 1. The second kappa shape index (κ2) is 11.4. The molecule has 0 unspecified atom stereocenters. The summed E-state index contributed by atoms with van der Waals surface area (Å²) in [6.45, 7) is 0.394. The minimum atomic E-state index is -0.407. The van der Waals surface area contributed by atoms with Crippen LogP contribution in [0.2, 0.25) is 0 Å². The molecule has 1 aliphatic heterocycles. The van der Waals surface area contributed by atoms with Crippen LogP contribution in [0.1, 0.15) is 21.5 Å². The quantitative estimate of drug-likeness (QED) is 0.207. The lowest BCUT2D eigenvalue weighted by atomic mass is 10.0. The van der Waals surface area contributed by atoms with Crippen LogP contribution in [0.25, 0.3) is 16.8 Å². The van der Waals surface area contributed by atoms with Gasteiger partial charge in [0.15, 0.2) is 5.17 Å². The van der Waals surface area contributed by atoms with Gasteiger partial charge in [-0.15, -0.1) is 0 Å². The van der Waals surface area contributed by atoms with Gasteiger partial charge in [0, 0.05) is 11.1 Å². The molecule has 1 aliphatic rings. The summed E-state index contributed by atoms with van der Waals surface area (Å²) in [5.74, 6) is 0.00773. The largest absolute Gasteiger partial charge is 0.488 e. The number of amides is 2. The number of fused-ring (bicyclic) bond motifs is 1. The summed E-state index contributed by atoms with van der Waals surface area (Å²) < 4.78 is 6.27. The van der Waals surface area contributed by atoms with Crippen LogP contribution < -0.4 is 9.64 Å². The van der Waals surface area contributed by atoms with Crippen LogP contribution in [0.4, 0.5) is 5.69 Å². The minimum Gasteiger partial charge on any atom is -0.488 e. The lowest BCUT2D eigenvalue weighted by Gasteiger charge is -2.15. The molecular formula is C34H24N2O3S. The lowest BCUT2D eigenvalue weighted by molar-refractivity contribution is -0.113. The molecule has 0 radical (unpaired) electrons. The maximum Gasteiger partial charge on any atom is 0.279 e. The van der Waals surface area contributed by atoms with Crippen molar-refractivity contribution in [2.45, 2.75) is 6.61 Å². The fraction of sp³-hybridized carbons (Fsp3) is 0.0294. The highest BCUT2D eigenvalue weighted by Gasteiger charge is 2.35. The molecule has 5 aromatic carbocycles. The summed E-state index contributed by atoms with van der Waals surface area (Å²) in [5, 5.41) is 2.30. The van der Waals surface area contributed by atoms with Crippen LogP contribution in [0.15, 0.2) is 137 Å². The molecule has 1 fully saturated rings. The first-order valence-electron chi connectivity index (χ1n) is 12.8. The number of carbonyl (C=O) groups excluding carboxylic acids is 2. The van der Waals surface area contributed by atoms with Crippen LogP contribution in [0.3, 0.4) is 0 Å². The van der Waals surface area contributed by atoms with Gasteiger partial charge >= 0.3 is 0 Å². The standard InChI is InChI=1S/C34H24N2O3S/c37-32(26-15-6-2-7-16-26)35-34-36(27-17-8-3-9-18-27)33(38)31(40-34)22-29-28-19-11-10-14-25(28)20-21-30(29)39-23-24-12-4-1-5-13-24/h1-22H,23H2. The highest BCUT2D eigenvalue weighted by atomic mass is 32.2. The molecule has 5 aromatic rings. The van der Waals surface area contributed by atoms with Gasteiger partial charge in [0.05, 0.1) is 10.6 Å². The Balaban J connectivity index is 1.43. The summed E-state index contributed by atoms with van der Waals surface area (Å²) in [6, 6.07) is 40.0. The summed E-state index contributed by atoms with van der Waals surface area (Å²) in [6.07, 6.45) is 1.85. The van der Waals surface area contributed by atoms with Gasteiger partial charge in [-0.05, 0) is 64.5 Å². The third-order valence-corrected chi connectivity index (χ3v) is 7.45. The van der Waals surface area contributed by atoms with Gasteiger partial charge < -0.3 is 4.74 Å². The summed E-state index contributed by atoms with van der Waals surface area (Å²) in [7, 11) is 0. The molecule has 40 heavy (non-hydrogen) atoms. The number of benzene rings is 5. The van der Waals surface area contributed by atoms with Crippen LogP contribution in [-0.4, -0.2) is 17.0 Å². The van der Waals surface area contributed by atoms with Crippen molar-refractivity contribution in [1.82, 2.24) is 0 Å². The number of anilines is 1. The second-order valence-electron chi connectivity index (χ2n) is 9.13. The predicted octanol–water partition coefficient (Wildman–Crippen LogP) is 7.74. The first-order valence-corrected chi connectivity index (χ1v) is 13.6. The number of thioether (sulfide) groups is 1. The molecule has 6 rings (SSSR count). The molecular weight excluding hydrogens is 516 g/mol. The van der Waals surface area contributed by atoms with Crippen molar-refractivity contribution < 1.29 is 14.3 Å².